The summed E-state index contributed by atoms with van der Waals surface area (Å²) in [4.78, 5) is 72.4. The molecule has 0 aliphatic rings. The van der Waals surface area contributed by atoms with Crippen molar-refractivity contribution >= 4 is 39.5 Å². The van der Waals surface area contributed by atoms with Gasteiger partial charge >= 0.3 is 39.5 Å². The number of phosphoric ester groups is 2. The number of carbonyl (C=O) groups is 4. The van der Waals surface area contributed by atoms with Crippen LogP contribution in [0.3, 0.4) is 0 Å². The SMILES string of the molecule is CCCCCCCCCCCCCCCC(=O)OC[C@H](COP(=O)(O)OC[C@@H](O)COP(=O)(O)OC[C@@H](COC(=O)CCCCCCCCCCCC)OC(=O)CCCCCCCCCCCCC)OC(=O)CCCCCCCCCCCCC(C)C. The Morgan fingerprint density at radius 3 is 0.782 bits per heavy atom. The maximum absolute atomic E-state index is 13.0. The smallest absolute Gasteiger partial charge is 0.462 e. The molecule has 5 atom stereocenters. The highest BCUT2D eigenvalue weighted by Crippen LogP contribution is 2.45. The van der Waals surface area contributed by atoms with E-state index in [4.69, 9.17) is 37.0 Å². The Labute approximate surface area is 530 Å². The third-order valence-corrected chi connectivity index (χ3v) is 17.7. The lowest BCUT2D eigenvalue weighted by Crippen LogP contribution is -2.30. The van der Waals surface area contributed by atoms with Crippen molar-refractivity contribution in [3.05, 3.63) is 0 Å². The summed E-state index contributed by atoms with van der Waals surface area (Å²) in [5.41, 5.74) is 0. The summed E-state index contributed by atoms with van der Waals surface area (Å²) in [6.45, 7) is 7.21. The molecule has 0 saturated carbocycles. The first-order chi connectivity index (χ1) is 42.0. The van der Waals surface area contributed by atoms with E-state index in [1.807, 2.05) is 0 Å². The minimum absolute atomic E-state index is 0.107. The Kier molecular flexibility index (Phi) is 60.2. The number of esters is 4. The molecule has 0 rings (SSSR count). The number of ether oxygens (including phenoxy) is 4. The molecule has 0 radical (unpaired) electrons. The zero-order valence-electron chi connectivity index (χ0n) is 56.2. The quantitative estimate of drug-likeness (QED) is 0.0222. The normalized spacial score (nSPS) is 14.1. The predicted molar refractivity (Wildman–Crippen MR) is 349 cm³/mol. The maximum atomic E-state index is 13.0. The Bertz CT molecular complexity index is 1690. The molecule has 0 aliphatic carbocycles. The van der Waals surface area contributed by atoms with Crippen LogP contribution >= 0.6 is 15.6 Å². The molecule has 0 heterocycles. The number of carbonyl (C=O) groups excluding carboxylic acids is 4. The number of phosphoric acid groups is 2. The van der Waals surface area contributed by atoms with Gasteiger partial charge in [-0.3, -0.25) is 37.3 Å². The molecule has 0 aromatic heterocycles. The van der Waals surface area contributed by atoms with Crippen LogP contribution in [0.5, 0.6) is 0 Å². The first-order valence-electron chi connectivity index (χ1n) is 35.6. The molecule has 0 aliphatic heterocycles. The van der Waals surface area contributed by atoms with Crippen LogP contribution < -0.4 is 0 Å². The van der Waals surface area contributed by atoms with Crippen molar-refractivity contribution in [2.45, 2.75) is 368 Å². The molecule has 87 heavy (non-hydrogen) atoms. The highest BCUT2D eigenvalue weighted by atomic mass is 31.2. The van der Waals surface area contributed by atoms with Crippen LogP contribution in [0.15, 0.2) is 0 Å². The molecule has 0 aromatic carbocycles. The topological polar surface area (TPSA) is 237 Å². The second-order valence-corrected chi connectivity index (χ2v) is 27.9. The third kappa shape index (κ3) is 62.6. The predicted octanol–water partition coefficient (Wildman–Crippen LogP) is 19.4. The Balaban J connectivity index is 5.24. The second kappa shape index (κ2) is 61.6. The summed E-state index contributed by atoms with van der Waals surface area (Å²) in [6, 6.07) is 0. The lowest BCUT2D eigenvalue weighted by atomic mass is 10.0. The first-order valence-corrected chi connectivity index (χ1v) is 38.6. The lowest BCUT2D eigenvalue weighted by Gasteiger charge is -2.21. The van der Waals surface area contributed by atoms with Crippen molar-refractivity contribution in [1.29, 1.82) is 0 Å². The Morgan fingerprint density at radius 1 is 0.310 bits per heavy atom. The van der Waals surface area contributed by atoms with E-state index in [1.54, 1.807) is 0 Å². The van der Waals surface area contributed by atoms with Gasteiger partial charge in [0.2, 0.25) is 0 Å². The zero-order valence-corrected chi connectivity index (χ0v) is 57.9. The van der Waals surface area contributed by atoms with E-state index >= 15 is 0 Å². The zero-order chi connectivity index (χ0) is 64.2. The van der Waals surface area contributed by atoms with Gasteiger partial charge in [-0.05, 0) is 31.6 Å². The summed E-state index contributed by atoms with van der Waals surface area (Å²) in [6.07, 6.45) is 47.0. The molecule has 0 saturated heterocycles. The van der Waals surface area contributed by atoms with E-state index in [9.17, 15) is 43.2 Å². The van der Waals surface area contributed by atoms with Crippen LogP contribution in [0.2, 0.25) is 0 Å². The number of aliphatic hydroxyl groups excluding tert-OH is 1. The van der Waals surface area contributed by atoms with Gasteiger partial charge in [0, 0.05) is 25.7 Å². The van der Waals surface area contributed by atoms with Gasteiger partial charge in [-0.25, -0.2) is 9.13 Å². The van der Waals surface area contributed by atoms with Crippen molar-refractivity contribution in [2.75, 3.05) is 39.6 Å². The average molecular weight is 1280 g/mol. The molecule has 0 spiro atoms. The van der Waals surface area contributed by atoms with Gasteiger partial charge in [0.1, 0.15) is 19.3 Å². The van der Waals surface area contributed by atoms with Crippen LogP contribution in [0.4, 0.5) is 0 Å². The Hall–Kier alpha value is -1.94. The number of hydrogen-bond acceptors (Lipinski definition) is 15. The van der Waals surface area contributed by atoms with E-state index in [1.165, 1.54) is 173 Å². The number of unbranched alkanes of at least 4 members (excludes halogenated alkanes) is 40. The molecule has 0 aromatic rings. The summed E-state index contributed by atoms with van der Waals surface area (Å²) in [5, 5.41) is 10.6. The molecular weight excluding hydrogens is 1150 g/mol. The van der Waals surface area contributed by atoms with Gasteiger partial charge < -0.3 is 33.8 Å². The lowest BCUT2D eigenvalue weighted by molar-refractivity contribution is -0.161. The fourth-order valence-corrected chi connectivity index (χ4v) is 11.9. The van der Waals surface area contributed by atoms with Crippen molar-refractivity contribution in [3.63, 3.8) is 0 Å². The highest BCUT2D eigenvalue weighted by Gasteiger charge is 2.30. The standard InChI is InChI=1S/C68H132O17P2/c1-6-9-12-15-18-21-24-25-27-32-37-42-47-52-66(71)79-58-64(85-68(73)54-49-44-39-34-29-28-30-35-40-45-50-61(4)5)60-83-87(76,77)81-56-62(69)55-80-86(74,75)82-59-63(57-78-65(70)51-46-41-36-31-23-20-17-14-11-8-3)84-67(72)53-48-43-38-33-26-22-19-16-13-10-7-2/h61-64,69H,6-60H2,1-5H3,(H,74,75)(H,76,77)/t62-,63+,64+/m0/s1. The highest BCUT2D eigenvalue weighted by molar-refractivity contribution is 7.47. The van der Waals surface area contributed by atoms with Gasteiger partial charge in [0.25, 0.3) is 0 Å². The van der Waals surface area contributed by atoms with E-state index < -0.39 is 97.5 Å². The van der Waals surface area contributed by atoms with Gasteiger partial charge in [0.05, 0.1) is 26.4 Å². The number of rotatable bonds is 68. The number of aliphatic hydroxyl groups is 1. The summed E-state index contributed by atoms with van der Waals surface area (Å²) < 4.78 is 68.2. The molecule has 516 valence electrons. The van der Waals surface area contributed by atoms with E-state index in [0.29, 0.717) is 25.7 Å². The van der Waals surface area contributed by atoms with Gasteiger partial charge in [-0.15, -0.1) is 0 Å². The first kappa shape index (κ1) is 85.1. The third-order valence-electron chi connectivity index (χ3n) is 15.8. The van der Waals surface area contributed by atoms with Crippen LogP contribution in [0.25, 0.3) is 0 Å². The van der Waals surface area contributed by atoms with Crippen molar-refractivity contribution < 1.29 is 80.2 Å². The monoisotopic (exact) mass is 1280 g/mol. The largest absolute Gasteiger partial charge is 0.472 e. The minimum Gasteiger partial charge on any atom is -0.462 e. The van der Waals surface area contributed by atoms with Gasteiger partial charge in [-0.2, -0.15) is 0 Å². The van der Waals surface area contributed by atoms with Crippen LogP contribution in [-0.2, 0) is 65.4 Å². The second-order valence-electron chi connectivity index (χ2n) is 25.0. The molecule has 0 bridgehead atoms. The van der Waals surface area contributed by atoms with Crippen LogP contribution in [-0.4, -0.2) is 96.7 Å². The van der Waals surface area contributed by atoms with E-state index in [0.717, 1.165) is 95.8 Å². The maximum Gasteiger partial charge on any atom is 0.472 e. The summed E-state index contributed by atoms with van der Waals surface area (Å²) in [7, 11) is -9.89. The van der Waals surface area contributed by atoms with Gasteiger partial charge in [-0.1, -0.05) is 298 Å². The van der Waals surface area contributed by atoms with Gasteiger partial charge in [0.15, 0.2) is 12.2 Å². The summed E-state index contributed by atoms with van der Waals surface area (Å²) in [5.74, 6) is -1.37. The van der Waals surface area contributed by atoms with Crippen molar-refractivity contribution in [2.24, 2.45) is 5.92 Å². The van der Waals surface area contributed by atoms with E-state index in [-0.39, 0.29) is 25.7 Å². The van der Waals surface area contributed by atoms with Crippen LogP contribution in [0.1, 0.15) is 349 Å². The summed E-state index contributed by atoms with van der Waals surface area (Å²) >= 11 is 0. The van der Waals surface area contributed by atoms with Crippen molar-refractivity contribution in [1.82, 2.24) is 0 Å². The molecule has 19 heteroatoms. The molecule has 0 fully saturated rings. The fourth-order valence-electron chi connectivity index (χ4n) is 10.3. The van der Waals surface area contributed by atoms with Crippen molar-refractivity contribution in [3.8, 4) is 0 Å². The van der Waals surface area contributed by atoms with Crippen LogP contribution in [0, 0.1) is 5.92 Å². The molecule has 2 unspecified atom stereocenters. The molecule has 0 amide bonds. The average Bonchev–Trinajstić information content (AvgIpc) is 3.68. The molecule has 17 nitrogen and oxygen atoms in total. The molecule has 3 N–H and O–H groups in total. The molecular formula is C68H132O17P2. The Morgan fingerprint density at radius 2 is 0.529 bits per heavy atom. The minimum atomic E-state index is -4.95. The number of hydrogen-bond donors (Lipinski definition) is 3. The fraction of sp³-hybridized carbons (Fsp3) is 0.941. The van der Waals surface area contributed by atoms with E-state index in [2.05, 4.69) is 34.6 Å².